The Morgan fingerprint density at radius 1 is 1.61 bits per heavy atom. The lowest BCUT2D eigenvalue weighted by molar-refractivity contribution is -0.133. The lowest BCUT2D eigenvalue weighted by Crippen LogP contribution is -2.05. The number of hydrogen-bond acceptors (Lipinski definition) is 7. The molecular weight excluding hydrogens is 258 g/mol. The molecule has 0 amide bonds. The minimum Gasteiger partial charge on any atom is -0.481 e. The van der Waals surface area contributed by atoms with Gasteiger partial charge in [-0.15, -0.1) is 10.2 Å². The highest BCUT2D eigenvalue weighted by molar-refractivity contribution is 7.99. The molecule has 2 heterocycles. The molecule has 0 unspecified atom stereocenters. The quantitative estimate of drug-likeness (QED) is 0.750. The molecule has 0 saturated carbocycles. The van der Waals surface area contributed by atoms with Crippen molar-refractivity contribution < 1.29 is 14.4 Å². The number of carboxylic acid groups (broad SMARTS) is 1. The number of nitrogens with zero attached hydrogens (tertiary/aromatic N) is 5. The van der Waals surface area contributed by atoms with Crippen LogP contribution in [0.2, 0.25) is 0 Å². The van der Waals surface area contributed by atoms with Gasteiger partial charge in [0.15, 0.2) is 11.0 Å². The average Bonchev–Trinajstić information content (AvgIpc) is 2.92. The van der Waals surface area contributed by atoms with Gasteiger partial charge in [-0.1, -0.05) is 16.9 Å². The monoisotopic (exact) mass is 269 g/mol. The summed E-state index contributed by atoms with van der Waals surface area (Å²) in [6.07, 6.45) is 2.13. The van der Waals surface area contributed by atoms with Crippen LogP contribution in [0.15, 0.2) is 16.0 Å². The summed E-state index contributed by atoms with van der Waals surface area (Å²) in [5.41, 5.74) is 0. The van der Waals surface area contributed by atoms with E-state index in [4.69, 9.17) is 9.63 Å². The van der Waals surface area contributed by atoms with Crippen molar-refractivity contribution in [3.05, 3.63) is 18.0 Å². The molecule has 0 radical (unpaired) electrons. The maximum absolute atomic E-state index is 10.5. The van der Waals surface area contributed by atoms with E-state index < -0.39 is 5.97 Å². The van der Waals surface area contributed by atoms with Crippen LogP contribution in [0.25, 0.3) is 0 Å². The van der Waals surface area contributed by atoms with Crippen LogP contribution >= 0.6 is 11.8 Å². The molecule has 0 aliphatic carbocycles. The third-order valence-electron chi connectivity index (χ3n) is 2.05. The van der Waals surface area contributed by atoms with Crippen LogP contribution in [0.5, 0.6) is 0 Å². The van der Waals surface area contributed by atoms with E-state index in [0.29, 0.717) is 29.8 Å². The van der Waals surface area contributed by atoms with Crippen LogP contribution in [0.4, 0.5) is 0 Å². The van der Waals surface area contributed by atoms with Gasteiger partial charge in [0.2, 0.25) is 5.89 Å². The van der Waals surface area contributed by atoms with Crippen molar-refractivity contribution in [1.29, 1.82) is 0 Å². The molecule has 0 aromatic carbocycles. The van der Waals surface area contributed by atoms with E-state index in [-0.39, 0.29) is 5.75 Å². The fraction of sp³-hybridized carbons (Fsp3) is 0.444. The summed E-state index contributed by atoms with van der Waals surface area (Å²) in [6.45, 7) is 2.30. The second kappa shape index (κ2) is 5.63. The van der Waals surface area contributed by atoms with Gasteiger partial charge in [-0.05, 0) is 0 Å². The van der Waals surface area contributed by atoms with E-state index in [1.54, 1.807) is 17.8 Å². The Labute approximate surface area is 106 Å². The van der Waals surface area contributed by atoms with Gasteiger partial charge in [0.25, 0.3) is 0 Å². The maximum Gasteiger partial charge on any atom is 0.313 e. The lowest BCUT2D eigenvalue weighted by Gasteiger charge is -2.02. The Morgan fingerprint density at radius 3 is 3.11 bits per heavy atom. The molecule has 0 aliphatic rings. The molecule has 8 nitrogen and oxygen atoms in total. The highest BCUT2D eigenvalue weighted by atomic mass is 32.2. The number of aliphatic carboxylic acids is 1. The summed E-state index contributed by atoms with van der Waals surface area (Å²) in [4.78, 5) is 14.6. The Hall–Kier alpha value is -1.90. The van der Waals surface area contributed by atoms with Gasteiger partial charge in [-0.25, -0.2) is 0 Å². The van der Waals surface area contributed by atoms with Gasteiger partial charge in [0.05, 0.1) is 5.75 Å². The maximum atomic E-state index is 10.5. The second-order valence-corrected chi connectivity index (χ2v) is 4.41. The van der Waals surface area contributed by atoms with Crippen molar-refractivity contribution in [1.82, 2.24) is 24.9 Å². The topological polar surface area (TPSA) is 107 Å². The van der Waals surface area contributed by atoms with Crippen molar-refractivity contribution in [2.24, 2.45) is 0 Å². The fourth-order valence-electron chi connectivity index (χ4n) is 1.30. The molecule has 0 bridgehead atoms. The molecule has 0 spiro atoms. The first-order valence-electron chi connectivity index (χ1n) is 5.16. The molecule has 0 saturated heterocycles. The van der Waals surface area contributed by atoms with E-state index in [1.807, 2.05) is 0 Å². The zero-order valence-corrected chi connectivity index (χ0v) is 10.4. The van der Waals surface area contributed by atoms with Crippen molar-refractivity contribution in [2.75, 3.05) is 5.75 Å². The molecule has 0 aliphatic heterocycles. The molecule has 2 aromatic heterocycles. The molecule has 18 heavy (non-hydrogen) atoms. The van der Waals surface area contributed by atoms with Crippen LogP contribution < -0.4 is 0 Å². The van der Waals surface area contributed by atoms with Crippen molar-refractivity contribution in [3.8, 4) is 0 Å². The van der Waals surface area contributed by atoms with E-state index >= 15 is 0 Å². The number of carbonyl (C=O) groups is 1. The Balaban J connectivity index is 1.93. The number of aryl methyl sites for hydroxylation is 3. The summed E-state index contributed by atoms with van der Waals surface area (Å²) >= 11 is 1.13. The highest BCUT2D eigenvalue weighted by Crippen LogP contribution is 2.14. The molecule has 2 rings (SSSR count). The largest absolute Gasteiger partial charge is 0.481 e. The second-order valence-electron chi connectivity index (χ2n) is 3.47. The number of aromatic nitrogens is 5. The van der Waals surface area contributed by atoms with Crippen LogP contribution in [-0.2, 0) is 17.8 Å². The molecule has 9 heteroatoms. The van der Waals surface area contributed by atoms with Gasteiger partial charge >= 0.3 is 5.97 Å². The van der Waals surface area contributed by atoms with Crippen molar-refractivity contribution in [3.63, 3.8) is 0 Å². The zero-order valence-electron chi connectivity index (χ0n) is 9.61. The Bertz CT molecular complexity index is 538. The number of hydrogen-bond donors (Lipinski definition) is 1. The summed E-state index contributed by atoms with van der Waals surface area (Å²) in [5, 5.41) is 20.6. The van der Waals surface area contributed by atoms with Gasteiger partial charge in [-0.2, -0.15) is 4.98 Å². The summed E-state index contributed by atoms with van der Waals surface area (Å²) < 4.78 is 6.62. The number of rotatable bonds is 6. The minimum atomic E-state index is -0.886. The van der Waals surface area contributed by atoms with Gasteiger partial charge in [0.1, 0.15) is 6.33 Å². The van der Waals surface area contributed by atoms with Crippen LogP contribution in [-0.4, -0.2) is 41.7 Å². The van der Waals surface area contributed by atoms with Crippen LogP contribution in [0.3, 0.4) is 0 Å². The van der Waals surface area contributed by atoms with E-state index in [0.717, 1.165) is 11.8 Å². The predicted octanol–water partition coefficient (Wildman–Crippen LogP) is 0.389. The van der Waals surface area contributed by atoms with E-state index in [9.17, 15) is 4.79 Å². The van der Waals surface area contributed by atoms with E-state index in [1.165, 1.54) is 0 Å². The fourth-order valence-corrected chi connectivity index (χ4v) is 1.96. The van der Waals surface area contributed by atoms with Crippen molar-refractivity contribution in [2.45, 2.75) is 25.0 Å². The molecule has 0 fully saturated rings. The summed E-state index contributed by atoms with van der Waals surface area (Å²) in [5.74, 6) is 0.202. The third-order valence-corrected chi connectivity index (χ3v) is 3.02. The van der Waals surface area contributed by atoms with Crippen LogP contribution in [0, 0.1) is 6.92 Å². The third kappa shape index (κ3) is 3.29. The SMILES string of the molecule is Cc1nc(CCn2cnnc2SCC(=O)O)no1. The normalized spacial score (nSPS) is 10.7. The zero-order chi connectivity index (χ0) is 13.0. The first kappa shape index (κ1) is 12.6. The average molecular weight is 269 g/mol. The highest BCUT2D eigenvalue weighted by Gasteiger charge is 2.09. The minimum absolute atomic E-state index is 0.0417. The number of carboxylic acids is 1. The first-order chi connectivity index (χ1) is 8.65. The molecule has 2 aromatic rings. The standard InChI is InChI=1S/C9H11N5O3S/c1-6-11-7(13-17-6)2-3-14-5-10-12-9(14)18-4-8(15)16/h5H,2-4H2,1H3,(H,15,16). The lowest BCUT2D eigenvalue weighted by atomic mass is 10.4. The Morgan fingerprint density at radius 2 is 2.44 bits per heavy atom. The first-order valence-corrected chi connectivity index (χ1v) is 6.15. The molecule has 0 atom stereocenters. The summed E-state index contributed by atoms with van der Waals surface area (Å²) in [6, 6.07) is 0. The summed E-state index contributed by atoms with van der Waals surface area (Å²) in [7, 11) is 0. The van der Waals surface area contributed by atoms with Gasteiger partial charge in [0, 0.05) is 19.9 Å². The van der Waals surface area contributed by atoms with Gasteiger partial charge < -0.3 is 14.2 Å². The molecular formula is C9H11N5O3S. The Kier molecular flexibility index (Phi) is 3.92. The van der Waals surface area contributed by atoms with Crippen molar-refractivity contribution >= 4 is 17.7 Å². The predicted molar refractivity (Wildman–Crippen MR) is 61.1 cm³/mol. The smallest absolute Gasteiger partial charge is 0.313 e. The van der Waals surface area contributed by atoms with Gasteiger partial charge in [-0.3, -0.25) is 4.79 Å². The molecule has 96 valence electrons. The van der Waals surface area contributed by atoms with E-state index in [2.05, 4.69) is 20.3 Å². The van der Waals surface area contributed by atoms with Crippen LogP contribution in [0.1, 0.15) is 11.7 Å². The molecule has 1 N–H and O–H groups in total. The number of thioether (sulfide) groups is 1.